The highest BCUT2D eigenvalue weighted by atomic mass is 35.5. The van der Waals surface area contributed by atoms with Crippen LogP contribution < -0.4 is 0 Å². The minimum absolute atomic E-state index is 0.264. The number of ether oxygens (including phenoxy) is 1. The van der Waals surface area contributed by atoms with Gasteiger partial charge in [0, 0.05) is 37.9 Å². The molecule has 0 radical (unpaired) electrons. The molecule has 0 aromatic heterocycles. The number of halogens is 2. The first-order valence-corrected chi connectivity index (χ1v) is 7.54. The lowest BCUT2D eigenvalue weighted by Crippen LogP contribution is -2.49. The van der Waals surface area contributed by atoms with Crippen LogP contribution in [0.25, 0.3) is 0 Å². The third-order valence-electron chi connectivity index (χ3n) is 2.29. The minimum Gasteiger partial charge on any atom is -0.379 e. The van der Waals surface area contributed by atoms with E-state index in [2.05, 4.69) is 0 Å². The largest absolute Gasteiger partial charge is 0.379 e. The molecular weight excluding hydrogens is 275 g/mol. The van der Waals surface area contributed by atoms with Crippen LogP contribution in [0, 0.1) is 0 Å². The fraction of sp³-hybridized carbons (Fsp3) is 1.00. The fourth-order valence-corrected chi connectivity index (χ4v) is 3.66. The van der Waals surface area contributed by atoms with Gasteiger partial charge in [-0.1, -0.05) is 0 Å². The SMILES string of the molecule is O=S(=O)(N(CCCl)CCCl)N1CCOCC1. The van der Waals surface area contributed by atoms with Gasteiger partial charge < -0.3 is 4.74 Å². The molecule has 1 aliphatic heterocycles. The van der Waals surface area contributed by atoms with Gasteiger partial charge in [-0.3, -0.25) is 0 Å². The molecule has 0 atom stereocenters. The van der Waals surface area contributed by atoms with E-state index in [0.717, 1.165) is 0 Å². The number of hydrogen-bond acceptors (Lipinski definition) is 3. The summed E-state index contributed by atoms with van der Waals surface area (Å²) < 4.78 is 32.1. The Morgan fingerprint density at radius 3 is 2.06 bits per heavy atom. The summed E-state index contributed by atoms with van der Waals surface area (Å²) in [6.07, 6.45) is 0. The molecule has 0 amide bonds. The lowest BCUT2D eigenvalue weighted by atomic mass is 10.5. The summed E-state index contributed by atoms with van der Waals surface area (Å²) in [5.41, 5.74) is 0. The van der Waals surface area contributed by atoms with Gasteiger partial charge in [-0.15, -0.1) is 23.2 Å². The molecule has 0 aromatic rings. The van der Waals surface area contributed by atoms with Gasteiger partial charge >= 0.3 is 0 Å². The summed E-state index contributed by atoms with van der Waals surface area (Å²) in [5, 5.41) is 0. The summed E-state index contributed by atoms with van der Waals surface area (Å²) in [6.45, 7) is 2.23. The van der Waals surface area contributed by atoms with Crippen molar-refractivity contribution in [3.63, 3.8) is 0 Å². The Morgan fingerprint density at radius 2 is 1.62 bits per heavy atom. The number of nitrogens with zero attached hydrogens (tertiary/aromatic N) is 2. The quantitative estimate of drug-likeness (QED) is 0.663. The smallest absolute Gasteiger partial charge is 0.282 e. The van der Waals surface area contributed by atoms with Crippen molar-refractivity contribution in [1.82, 2.24) is 8.61 Å². The van der Waals surface area contributed by atoms with E-state index in [-0.39, 0.29) is 24.8 Å². The first-order chi connectivity index (χ1) is 7.62. The van der Waals surface area contributed by atoms with Gasteiger partial charge in [-0.25, -0.2) is 0 Å². The molecule has 1 aliphatic rings. The molecule has 1 saturated heterocycles. The second kappa shape index (κ2) is 6.98. The Morgan fingerprint density at radius 1 is 1.12 bits per heavy atom. The molecule has 0 aliphatic carbocycles. The Hall–Kier alpha value is 0.410. The predicted octanol–water partition coefficient (Wildman–Crippen LogP) is 0.343. The summed E-state index contributed by atoms with van der Waals surface area (Å²) in [5.74, 6) is 0.529. The van der Waals surface area contributed by atoms with Crippen LogP contribution in [-0.2, 0) is 14.9 Å². The van der Waals surface area contributed by atoms with E-state index in [9.17, 15) is 8.42 Å². The highest BCUT2D eigenvalue weighted by molar-refractivity contribution is 7.86. The predicted molar refractivity (Wildman–Crippen MR) is 64.3 cm³/mol. The molecule has 0 aromatic carbocycles. The van der Waals surface area contributed by atoms with Gasteiger partial charge in [-0.05, 0) is 0 Å². The highest BCUT2D eigenvalue weighted by Crippen LogP contribution is 2.11. The van der Waals surface area contributed by atoms with Crippen molar-refractivity contribution in [2.24, 2.45) is 0 Å². The molecule has 5 nitrogen and oxygen atoms in total. The lowest BCUT2D eigenvalue weighted by molar-refractivity contribution is 0.0704. The van der Waals surface area contributed by atoms with E-state index in [1.165, 1.54) is 8.61 Å². The van der Waals surface area contributed by atoms with Crippen LogP contribution in [-0.4, -0.2) is 68.2 Å². The van der Waals surface area contributed by atoms with Crippen LogP contribution in [0.2, 0.25) is 0 Å². The second-order valence-corrected chi connectivity index (χ2v) is 5.98. The topological polar surface area (TPSA) is 49.9 Å². The van der Waals surface area contributed by atoms with E-state index >= 15 is 0 Å². The van der Waals surface area contributed by atoms with E-state index in [0.29, 0.717) is 26.3 Å². The zero-order chi connectivity index (χ0) is 12.0. The van der Waals surface area contributed by atoms with Crippen molar-refractivity contribution in [2.45, 2.75) is 0 Å². The number of rotatable bonds is 6. The zero-order valence-electron chi connectivity index (χ0n) is 8.94. The number of alkyl halides is 2. The number of hydrogen-bond donors (Lipinski definition) is 0. The van der Waals surface area contributed by atoms with E-state index in [1.54, 1.807) is 0 Å². The number of morpholine rings is 1. The Bertz CT molecular complexity index is 288. The van der Waals surface area contributed by atoms with Crippen molar-refractivity contribution in [1.29, 1.82) is 0 Å². The Balaban J connectivity index is 2.70. The minimum atomic E-state index is -3.43. The molecule has 0 spiro atoms. The summed E-state index contributed by atoms with van der Waals surface area (Å²) >= 11 is 11.2. The van der Waals surface area contributed by atoms with Crippen LogP contribution in [0.5, 0.6) is 0 Å². The molecule has 96 valence electrons. The molecule has 1 rings (SSSR count). The zero-order valence-corrected chi connectivity index (χ0v) is 11.3. The molecule has 1 fully saturated rings. The average molecular weight is 291 g/mol. The van der Waals surface area contributed by atoms with E-state index in [1.807, 2.05) is 0 Å². The first-order valence-electron chi connectivity index (χ1n) is 5.08. The van der Waals surface area contributed by atoms with Gasteiger partial charge in [-0.2, -0.15) is 17.0 Å². The van der Waals surface area contributed by atoms with Gasteiger partial charge in [0.05, 0.1) is 13.2 Å². The van der Waals surface area contributed by atoms with Crippen molar-refractivity contribution < 1.29 is 13.2 Å². The normalized spacial score (nSPS) is 19.2. The van der Waals surface area contributed by atoms with Gasteiger partial charge in [0.25, 0.3) is 10.2 Å². The summed E-state index contributed by atoms with van der Waals surface area (Å²) in [7, 11) is -3.43. The van der Waals surface area contributed by atoms with Crippen molar-refractivity contribution in [3.8, 4) is 0 Å². The van der Waals surface area contributed by atoms with E-state index < -0.39 is 10.2 Å². The maximum atomic E-state index is 12.1. The molecule has 0 saturated carbocycles. The van der Waals surface area contributed by atoms with Gasteiger partial charge in [0.1, 0.15) is 0 Å². The fourth-order valence-electron chi connectivity index (χ4n) is 1.47. The van der Waals surface area contributed by atoms with Crippen LogP contribution in [0.15, 0.2) is 0 Å². The molecule has 0 N–H and O–H groups in total. The molecule has 8 heteroatoms. The Labute approximate surface area is 106 Å². The van der Waals surface area contributed by atoms with Crippen LogP contribution >= 0.6 is 23.2 Å². The van der Waals surface area contributed by atoms with Crippen molar-refractivity contribution in [2.75, 3.05) is 51.2 Å². The van der Waals surface area contributed by atoms with Crippen molar-refractivity contribution >= 4 is 33.4 Å². The lowest BCUT2D eigenvalue weighted by Gasteiger charge is -2.31. The highest BCUT2D eigenvalue weighted by Gasteiger charge is 2.29. The standard InChI is InChI=1S/C8H16Cl2N2O3S/c9-1-3-11(4-2-10)16(13,14)12-5-7-15-8-6-12/h1-8H2. The van der Waals surface area contributed by atoms with Gasteiger partial charge in [0.2, 0.25) is 0 Å². The Kier molecular flexibility index (Phi) is 6.31. The monoisotopic (exact) mass is 290 g/mol. The summed E-state index contributed by atoms with van der Waals surface area (Å²) in [6, 6.07) is 0. The van der Waals surface area contributed by atoms with Crippen LogP contribution in [0.4, 0.5) is 0 Å². The third-order valence-corrected chi connectivity index (χ3v) is 4.66. The second-order valence-electron chi connectivity index (χ2n) is 3.30. The maximum absolute atomic E-state index is 12.1. The van der Waals surface area contributed by atoms with E-state index in [4.69, 9.17) is 27.9 Å². The van der Waals surface area contributed by atoms with Crippen LogP contribution in [0.3, 0.4) is 0 Å². The maximum Gasteiger partial charge on any atom is 0.282 e. The summed E-state index contributed by atoms with van der Waals surface area (Å²) in [4.78, 5) is 0. The van der Waals surface area contributed by atoms with Crippen molar-refractivity contribution in [3.05, 3.63) is 0 Å². The molecule has 1 heterocycles. The third kappa shape index (κ3) is 3.72. The molecule has 16 heavy (non-hydrogen) atoms. The van der Waals surface area contributed by atoms with Crippen LogP contribution in [0.1, 0.15) is 0 Å². The first kappa shape index (κ1) is 14.5. The van der Waals surface area contributed by atoms with Gasteiger partial charge in [0.15, 0.2) is 0 Å². The molecular formula is C8H16Cl2N2O3S. The average Bonchev–Trinajstić information content (AvgIpc) is 2.30. The molecule has 0 unspecified atom stereocenters. The molecule has 0 bridgehead atoms.